The van der Waals surface area contributed by atoms with Gasteiger partial charge in [-0.15, -0.1) is 0 Å². The van der Waals surface area contributed by atoms with Gasteiger partial charge in [0.1, 0.15) is 11.8 Å². The normalized spacial score (nSPS) is 14.5. The fourth-order valence-electron chi connectivity index (χ4n) is 4.22. The number of rotatable bonds is 11. The molecule has 1 fully saturated rings. The molecule has 2 amide bonds. The van der Waals surface area contributed by atoms with Crippen molar-refractivity contribution in [2.75, 3.05) is 46.0 Å². The first-order chi connectivity index (χ1) is 18.1. The first kappa shape index (κ1) is 26.7. The molecule has 1 aliphatic rings. The predicted octanol–water partition coefficient (Wildman–Crippen LogP) is 3.94. The van der Waals surface area contributed by atoms with Crippen molar-refractivity contribution < 1.29 is 19.1 Å². The second-order valence-electron chi connectivity index (χ2n) is 8.81. The number of ether oxygens (including phenoxy) is 2. The second-order valence-corrected chi connectivity index (χ2v) is 9.24. The number of benzene rings is 3. The third-order valence-electron chi connectivity index (χ3n) is 6.20. The smallest absolute Gasteiger partial charge is 0.261 e. The van der Waals surface area contributed by atoms with Crippen molar-refractivity contribution in [3.63, 3.8) is 0 Å². The van der Waals surface area contributed by atoms with Gasteiger partial charge in [0.05, 0.1) is 13.2 Å². The Kier molecular flexibility index (Phi) is 9.94. The Labute approximate surface area is 222 Å². The number of nitrogens with zero attached hydrogens (tertiary/aromatic N) is 2. The molecular weight excluding hydrogens is 490 g/mol. The Balaban J connectivity index is 1.55. The van der Waals surface area contributed by atoms with E-state index in [2.05, 4.69) is 10.2 Å². The summed E-state index contributed by atoms with van der Waals surface area (Å²) < 4.78 is 11.2. The molecule has 37 heavy (non-hydrogen) atoms. The molecular formula is C29H32ClN3O4. The van der Waals surface area contributed by atoms with Crippen LogP contribution in [0.15, 0.2) is 84.9 Å². The Hall–Kier alpha value is -3.39. The SMILES string of the molecule is O=C(NCCN1CCOCC1)[C@H](c1ccccc1)N(Cc1ccc(Cl)cc1)C(=O)COc1ccccc1. The maximum Gasteiger partial charge on any atom is 0.261 e. The zero-order valence-corrected chi connectivity index (χ0v) is 21.5. The van der Waals surface area contributed by atoms with Gasteiger partial charge in [-0.25, -0.2) is 0 Å². The largest absolute Gasteiger partial charge is 0.484 e. The maximum absolute atomic E-state index is 13.6. The number of nitrogens with one attached hydrogen (secondary N) is 1. The van der Waals surface area contributed by atoms with Gasteiger partial charge >= 0.3 is 0 Å². The first-order valence-corrected chi connectivity index (χ1v) is 12.8. The summed E-state index contributed by atoms with van der Waals surface area (Å²) in [5.74, 6) is 0.0611. The average Bonchev–Trinajstić information content (AvgIpc) is 2.94. The van der Waals surface area contributed by atoms with E-state index in [9.17, 15) is 9.59 Å². The number of amides is 2. The van der Waals surface area contributed by atoms with Crippen molar-refractivity contribution in [2.24, 2.45) is 0 Å². The van der Waals surface area contributed by atoms with E-state index in [1.54, 1.807) is 29.2 Å². The molecule has 1 atom stereocenters. The predicted molar refractivity (Wildman–Crippen MR) is 143 cm³/mol. The maximum atomic E-state index is 13.6. The van der Waals surface area contributed by atoms with Crippen molar-refractivity contribution in [3.8, 4) is 5.75 Å². The highest BCUT2D eigenvalue weighted by molar-refractivity contribution is 6.30. The summed E-state index contributed by atoms with van der Waals surface area (Å²) in [4.78, 5) is 31.1. The standard InChI is InChI=1S/C29H32ClN3O4/c30-25-13-11-23(12-14-25)21-33(27(34)22-37-26-9-5-2-6-10-26)28(24-7-3-1-4-8-24)29(35)31-15-16-32-17-19-36-20-18-32/h1-14,28H,15-22H2,(H,31,35)/t28-/m0/s1. The molecule has 3 aromatic rings. The van der Waals surface area contributed by atoms with Gasteiger partial charge in [-0.1, -0.05) is 72.3 Å². The summed E-state index contributed by atoms with van der Waals surface area (Å²) in [6, 6.07) is 25.0. The van der Waals surface area contributed by atoms with E-state index in [4.69, 9.17) is 21.1 Å². The fraction of sp³-hybridized carbons (Fsp3) is 0.310. The Morgan fingerprint density at radius 2 is 1.59 bits per heavy atom. The monoisotopic (exact) mass is 521 g/mol. The van der Waals surface area contributed by atoms with Gasteiger partial charge in [-0.05, 0) is 35.4 Å². The van der Waals surface area contributed by atoms with Gasteiger partial charge in [-0.3, -0.25) is 14.5 Å². The molecule has 0 spiro atoms. The third kappa shape index (κ3) is 8.05. The summed E-state index contributed by atoms with van der Waals surface area (Å²) >= 11 is 6.08. The molecule has 194 valence electrons. The molecule has 0 radical (unpaired) electrons. The van der Waals surface area contributed by atoms with Crippen molar-refractivity contribution in [1.29, 1.82) is 0 Å². The Morgan fingerprint density at radius 3 is 2.27 bits per heavy atom. The molecule has 0 aliphatic carbocycles. The summed E-state index contributed by atoms with van der Waals surface area (Å²) in [6.45, 7) is 4.32. The molecule has 1 aliphatic heterocycles. The fourth-order valence-corrected chi connectivity index (χ4v) is 4.35. The molecule has 1 N–H and O–H groups in total. The third-order valence-corrected chi connectivity index (χ3v) is 6.45. The second kappa shape index (κ2) is 13.8. The molecule has 0 aromatic heterocycles. The highest BCUT2D eigenvalue weighted by Crippen LogP contribution is 2.25. The van der Waals surface area contributed by atoms with Gasteiger partial charge in [0.25, 0.3) is 5.91 Å². The van der Waals surface area contributed by atoms with Crippen molar-refractivity contribution >= 4 is 23.4 Å². The van der Waals surface area contributed by atoms with E-state index in [0.717, 1.165) is 30.8 Å². The Bertz CT molecular complexity index is 1120. The van der Waals surface area contributed by atoms with E-state index in [1.807, 2.05) is 60.7 Å². The lowest BCUT2D eigenvalue weighted by Gasteiger charge is -2.32. The van der Waals surface area contributed by atoms with Gasteiger partial charge in [0.15, 0.2) is 6.61 Å². The van der Waals surface area contributed by atoms with Crippen molar-refractivity contribution in [1.82, 2.24) is 15.1 Å². The lowest BCUT2D eigenvalue weighted by Crippen LogP contribution is -2.47. The molecule has 0 saturated carbocycles. The zero-order chi connectivity index (χ0) is 25.9. The minimum Gasteiger partial charge on any atom is -0.484 e. The van der Waals surface area contributed by atoms with Crippen LogP contribution in [0.1, 0.15) is 17.2 Å². The van der Waals surface area contributed by atoms with Gasteiger partial charge in [0.2, 0.25) is 5.91 Å². The van der Waals surface area contributed by atoms with Crippen LogP contribution < -0.4 is 10.1 Å². The molecule has 1 saturated heterocycles. The van der Waals surface area contributed by atoms with Crippen LogP contribution in [-0.2, 0) is 20.9 Å². The highest BCUT2D eigenvalue weighted by Gasteiger charge is 2.32. The number of hydrogen-bond acceptors (Lipinski definition) is 5. The summed E-state index contributed by atoms with van der Waals surface area (Å²) in [5, 5.41) is 3.66. The van der Waals surface area contributed by atoms with Gasteiger partial charge in [-0.2, -0.15) is 0 Å². The lowest BCUT2D eigenvalue weighted by molar-refractivity contribution is -0.143. The molecule has 8 heteroatoms. The summed E-state index contributed by atoms with van der Waals surface area (Å²) in [6.07, 6.45) is 0. The van der Waals surface area contributed by atoms with E-state index in [1.165, 1.54) is 0 Å². The topological polar surface area (TPSA) is 71.1 Å². The zero-order valence-electron chi connectivity index (χ0n) is 20.7. The molecule has 4 rings (SSSR count). The van der Waals surface area contributed by atoms with E-state index in [0.29, 0.717) is 30.5 Å². The minimum atomic E-state index is -0.826. The molecule has 0 bridgehead atoms. The quantitative estimate of drug-likeness (QED) is 0.414. The van der Waals surface area contributed by atoms with Crippen molar-refractivity contribution in [2.45, 2.75) is 12.6 Å². The number of carbonyl (C=O) groups is 2. The summed E-state index contributed by atoms with van der Waals surface area (Å²) in [7, 11) is 0. The van der Waals surface area contributed by atoms with Crippen LogP contribution in [0.25, 0.3) is 0 Å². The van der Waals surface area contributed by atoms with Crippen LogP contribution in [0, 0.1) is 0 Å². The number of carbonyl (C=O) groups excluding carboxylic acids is 2. The van der Waals surface area contributed by atoms with Crippen LogP contribution in [0.4, 0.5) is 0 Å². The number of morpholine rings is 1. The first-order valence-electron chi connectivity index (χ1n) is 12.4. The number of halogens is 1. The molecule has 0 unspecified atom stereocenters. The average molecular weight is 522 g/mol. The van der Waals surface area contributed by atoms with Crippen LogP contribution in [0.2, 0.25) is 5.02 Å². The van der Waals surface area contributed by atoms with Gasteiger partial charge in [0, 0.05) is 37.7 Å². The lowest BCUT2D eigenvalue weighted by atomic mass is 10.0. The van der Waals surface area contributed by atoms with Crippen molar-refractivity contribution in [3.05, 3.63) is 101 Å². The highest BCUT2D eigenvalue weighted by atomic mass is 35.5. The Morgan fingerprint density at radius 1 is 0.946 bits per heavy atom. The summed E-state index contributed by atoms with van der Waals surface area (Å²) in [5.41, 5.74) is 1.59. The number of hydrogen-bond donors (Lipinski definition) is 1. The number of para-hydroxylation sites is 1. The van der Waals surface area contributed by atoms with Crippen LogP contribution in [0.3, 0.4) is 0 Å². The molecule has 3 aromatic carbocycles. The molecule has 1 heterocycles. The van der Waals surface area contributed by atoms with Gasteiger partial charge < -0.3 is 19.7 Å². The van der Waals surface area contributed by atoms with E-state index < -0.39 is 6.04 Å². The van der Waals surface area contributed by atoms with Crippen LogP contribution in [-0.4, -0.2) is 67.6 Å². The van der Waals surface area contributed by atoms with E-state index >= 15 is 0 Å². The minimum absolute atomic E-state index is 0.192. The van der Waals surface area contributed by atoms with Crippen LogP contribution >= 0.6 is 11.6 Å². The molecule has 7 nitrogen and oxygen atoms in total. The van der Waals surface area contributed by atoms with Crippen LogP contribution in [0.5, 0.6) is 5.75 Å². The van der Waals surface area contributed by atoms with E-state index in [-0.39, 0.29) is 25.0 Å².